The number of hydrogen-bond acceptors (Lipinski definition) is 6. The molecule has 27 heavy (non-hydrogen) atoms. The van der Waals surface area contributed by atoms with Crippen LogP contribution in [-0.2, 0) is 15.5 Å². The Kier molecular flexibility index (Phi) is 4.88. The van der Waals surface area contributed by atoms with Gasteiger partial charge in [-0.25, -0.2) is 19.7 Å². The van der Waals surface area contributed by atoms with Crippen LogP contribution >= 0.6 is 0 Å². The van der Waals surface area contributed by atoms with Crippen LogP contribution in [-0.4, -0.2) is 48.2 Å². The van der Waals surface area contributed by atoms with Crippen molar-refractivity contribution in [3.05, 3.63) is 12.2 Å². The second-order valence-corrected chi connectivity index (χ2v) is 9.00. The topological polar surface area (TPSA) is 99.0 Å². The highest BCUT2D eigenvalue weighted by Crippen LogP contribution is 2.39. The maximum Gasteiger partial charge on any atom is 0.407 e. The number of carbonyl (C=O) groups excluding carboxylic acids is 1. The number of nitrogens with one attached hydrogen (secondary N) is 1. The van der Waals surface area contributed by atoms with E-state index in [0.29, 0.717) is 16.5 Å². The Balaban J connectivity index is 1.57. The molecule has 9 heteroatoms. The minimum atomic E-state index is -1.21. The van der Waals surface area contributed by atoms with E-state index in [0.717, 1.165) is 43.6 Å². The Labute approximate surface area is 160 Å². The summed E-state index contributed by atoms with van der Waals surface area (Å²) in [6.45, 7) is 3.67. The Morgan fingerprint density at radius 2 is 2.07 bits per heavy atom. The van der Waals surface area contributed by atoms with E-state index in [4.69, 9.17) is 9.72 Å². The number of rotatable bonds is 5. The molecule has 0 aliphatic heterocycles. The van der Waals surface area contributed by atoms with Crippen LogP contribution in [0.25, 0.3) is 11.2 Å². The first kappa shape index (κ1) is 18.3. The number of nitrogens with zero attached hydrogens (tertiary/aromatic N) is 4. The summed E-state index contributed by atoms with van der Waals surface area (Å²) in [4.78, 5) is 25.6. The van der Waals surface area contributed by atoms with Crippen molar-refractivity contribution in [2.75, 3.05) is 6.26 Å². The van der Waals surface area contributed by atoms with Crippen LogP contribution in [0.1, 0.15) is 63.7 Å². The van der Waals surface area contributed by atoms with Crippen LogP contribution in [0.5, 0.6) is 0 Å². The Morgan fingerprint density at radius 1 is 1.30 bits per heavy atom. The fourth-order valence-electron chi connectivity index (χ4n) is 3.65. The first-order valence-corrected chi connectivity index (χ1v) is 11.0. The van der Waals surface area contributed by atoms with Gasteiger partial charge in [-0.05, 0) is 46.0 Å². The predicted octanol–water partition coefficient (Wildman–Crippen LogP) is 2.67. The third-order valence-corrected chi connectivity index (χ3v) is 5.91. The smallest absolute Gasteiger partial charge is 0.407 e. The van der Waals surface area contributed by atoms with E-state index < -0.39 is 10.8 Å². The van der Waals surface area contributed by atoms with E-state index in [9.17, 15) is 9.00 Å². The normalized spacial score (nSPS) is 23.7. The molecule has 2 saturated carbocycles. The van der Waals surface area contributed by atoms with Gasteiger partial charge in [0.1, 0.15) is 11.3 Å². The van der Waals surface area contributed by atoms with E-state index >= 15 is 0 Å². The van der Waals surface area contributed by atoms with E-state index in [2.05, 4.69) is 19.9 Å². The Morgan fingerprint density at radius 3 is 2.74 bits per heavy atom. The molecule has 2 heterocycles. The van der Waals surface area contributed by atoms with Crippen molar-refractivity contribution in [2.24, 2.45) is 0 Å². The molecule has 1 unspecified atom stereocenters. The minimum absolute atomic E-state index is 0.0724. The highest BCUT2D eigenvalue weighted by molar-refractivity contribution is 7.84. The van der Waals surface area contributed by atoms with Crippen LogP contribution in [0.2, 0.25) is 0 Å². The van der Waals surface area contributed by atoms with Crippen LogP contribution in [0.15, 0.2) is 11.4 Å². The van der Waals surface area contributed by atoms with Crippen LogP contribution in [0.4, 0.5) is 4.79 Å². The summed E-state index contributed by atoms with van der Waals surface area (Å²) >= 11 is 0. The zero-order valence-electron chi connectivity index (χ0n) is 15.8. The average molecular weight is 391 g/mol. The number of aromatic nitrogens is 4. The standard InChI is InChI=1S/C18H25N5O3S/c1-10(2)26-18(24)20-12-6-7-13(8-12)23-9-19-14-16(23)21-15(11-4-5-11)22-17(14)27(3)25/h9-13H,4-8H2,1-3H3,(H,20,24)/t12-,13+,27?/m0/s1. The maximum atomic E-state index is 12.2. The zero-order chi connectivity index (χ0) is 19.1. The fourth-order valence-corrected chi connectivity index (χ4v) is 4.29. The molecule has 0 aromatic carbocycles. The van der Waals surface area contributed by atoms with Gasteiger partial charge in [-0.3, -0.25) is 4.21 Å². The number of fused-ring (bicyclic) bond motifs is 1. The van der Waals surface area contributed by atoms with Gasteiger partial charge in [-0.15, -0.1) is 0 Å². The van der Waals surface area contributed by atoms with Gasteiger partial charge in [-0.2, -0.15) is 0 Å². The van der Waals surface area contributed by atoms with Crippen molar-refractivity contribution in [1.82, 2.24) is 24.8 Å². The summed E-state index contributed by atoms with van der Waals surface area (Å²) in [5.41, 5.74) is 1.38. The van der Waals surface area contributed by atoms with Gasteiger partial charge >= 0.3 is 6.09 Å². The number of alkyl carbamates (subject to hydrolysis) is 1. The molecule has 2 fully saturated rings. The summed E-state index contributed by atoms with van der Waals surface area (Å²) < 4.78 is 19.4. The van der Waals surface area contributed by atoms with Crippen LogP contribution in [0.3, 0.4) is 0 Å². The number of ether oxygens (including phenoxy) is 1. The Bertz CT molecular complexity index is 892. The summed E-state index contributed by atoms with van der Waals surface area (Å²) in [6, 6.07) is 0.266. The lowest BCUT2D eigenvalue weighted by atomic mass is 10.2. The lowest BCUT2D eigenvalue weighted by Gasteiger charge is -2.16. The average Bonchev–Trinajstić information content (AvgIpc) is 3.21. The molecular formula is C18H25N5O3S. The molecule has 1 N–H and O–H groups in total. The van der Waals surface area contributed by atoms with Gasteiger partial charge in [0.25, 0.3) is 0 Å². The third-order valence-electron chi connectivity index (χ3n) is 5.08. The van der Waals surface area contributed by atoms with Gasteiger partial charge in [0.15, 0.2) is 10.7 Å². The molecule has 4 rings (SSSR count). The monoisotopic (exact) mass is 391 g/mol. The quantitative estimate of drug-likeness (QED) is 0.787. The first-order valence-electron chi connectivity index (χ1n) is 9.47. The molecule has 3 atom stereocenters. The van der Waals surface area contributed by atoms with Crippen LogP contribution < -0.4 is 5.32 Å². The second-order valence-electron chi connectivity index (χ2n) is 7.70. The van der Waals surface area contributed by atoms with Gasteiger partial charge < -0.3 is 14.6 Å². The number of carbonyl (C=O) groups is 1. The molecule has 0 spiro atoms. The molecule has 1 amide bonds. The summed E-state index contributed by atoms with van der Waals surface area (Å²) in [5.74, 6) is 1.16. The van der Waals surface area contributed by atoms with E-state index in [1.807, 2.05) is 13.8 Å². The van der Waals surface area contributed by atoms with Crippen molar-refractivity contribution >= 4 is 28.1 Å². The van der Waals surface area contributed by atoms with E-state index in [-0.39, 0.29) is 24.3 Å². The largest absolute Gasteiger partial charge is 0.447 e. The molecule has 2 aromatic rings. The van der Waals surface area contributed by atoms with Gasteiger partial charge in [0.05, 0.1) is 23.2 Å². The molecule has 8 nitrogen and oxygen atoms in total. The summed E-state index contributed by atoms with van der Waals surface area (Å²) in [5, 5.41) is 3.47. The maximum absolute atomic E-state index is 12.2. The third kappa shape index (κ3) is 3.83. The molecule has 2 aliphatic rings. The van der Waals surface area contributed by atoms with Gasteiger partial charge in [0, 0.05) is 24.3 Å². The Hall–Kier alpha value is -2.03. The predicted molar refractivity (Wildman–Crippen MR) is 101 cm³/mol. The first-order chi connectivity index (χ1) is 12.9. The molecule has 146 valence electrons. The van der Waals surface area contributed by atoms with Crippen molar-refractivity contribution in [2.45, 2.75) is 75.1 Å². The minimum Gasteiger partial charge on any atom is -0.447 e. The van der Waals surface area contributed by atoms with Crippen LogP contribution in [0, 0.1) is 0 Å². The van der Waals surface area contributed by atoms with Gasteiger partial charge in [0.2, 0.25) is 0 Å². The number of amides is 1. The summed E-state index contributed by atoms with van der Waals surface area (Å²) in [7, 11) is -1.21. The lowest BCUT2D eigenvalue weighted by molar-refractivity contribution is 0.112. The van der Waals surface area contributed by atoms with Crippen molar-refractivity contribution in [1.29, 1.82) is 0 Å². The zero-order valence-corrected chi connectivity index (χ0v) is 16.7. The molecule has 0 bridgehead atoms. The molecular weight excluding hydrogens is 366 g/mol. The lowest BCUT2D eigenvalue weighted by Crippen LogP contribution is -2.34. The van der Waals surface area contributed by atoms with Crippen molar-refractivity contribution < 1.29 is 13.7 Å². The fraction of sp³-hybridized carbons (Fsp3) is 0.667. The molecule has 0 saturated heterocycles. The van der Waals surface area contributed by atoms with E-state index in [1.54, 1.807) is 12.6 Å². The SMILES string of the molecule is CC(C)OC(=O)N[C@H]1CC[C@@H](n2cnc3c(S(C)=O)nc(C4CC4)nc32)C1. The molecule has 0 radical (unpaired) electrons. The van der Waals surface area contributed by atoms with E-state index in [1.165, 1.54) is 0 Å². The number of imidazole rings is 1. The van der Waals surface area contributed by atoms with Crippen molar-refractivity contribution in [3.63, 3.8) is 0 Å². The highest BCUT2D eigenvalue weighted by atomic mass is 32.2. The molecule has 2 aromatic heterocycles. The summed E-state index contributed by atoms with van der Waals surface area (Å²) in [6.07, 6.45) is 7.67. The number of hydrogen-bond donors (Lipinski definition) is 1. The molecule has 2 aliphatic carbocycles. The van der Waals surface area contributed by atoms with Crippen molar-refractivity contribution in [3.8, 4) is 0 Å². The van der Waals surface area contributed by atoms with Gasteiger partial charge in [-0.1, -0.05) is 0 Å². The second kappa shape index (κ2) is 7.18. The highest BCUT2D eigenvalue weighted by Gasteiger charge is 2.32.